The lowest BCUT2D eigenvalue weighted by molar-refractivity contribution is -0.137. The minimum absolute atomic E-state index is 0.0654. The molecule has 2 heterocycles. The number of carboxylic acids is 1. The van der Waals surface area contributed by atoms with Crippen LogP contribution in [0.5, 0.6) is 0 Å². The molecule has 32 heavy (non-hydrogen) atoms. The number of aromatic nitrogens is 3. The topological polar surface area (TPSA) is 109 Å². The Kier molecular flexibility index (Phi) is 6.62. The Morgan fingerprint density at radius 1 is 1.12 bits per heavy atom. The van der Waals surface area contributed by atoms with Gasteiger partial charge in [-0.15, -0.1) is 5.10 Å². The molecule has 0 aliphatic carbocycles. The fourth-order valence-corrected chi connectivity index (χ4v) is 4.12. The summed E-state index contributed by atoms with van der Waals surface area (Å²) in [5, 5.41) is 20.5. The van der Waals surface area contributed by atoms with Crippen LogP contribution in [-0.2, 0) is 9.59 Å². The number of nitrogens with zero attached hydrogens (tertiary/aromatic N) is 3. The molecule has 1 aliphatic rings. The van der Waals surface area contributed by atoms with E-state index in [2.05, 4.69) is 20.7 Å². The maximum absolute atomic E-state index is 12.2. The van der Waals surface area contributed by atoms with Crippen LogP contribution >= 0.6 is 23.2 Å². The number of rotatable bonds is 7. The first-order chi connectivity index (χ1) is 15.4. The van der Waals surface area contributed by atoms with Crippen molar-refractivity contribution in [2.75, 3.05) is 10.6 Å². The van der Waals surface area contributed by atoms with Gasteiger partial charge in [-0.1, -0.05) is 53.5 Å². The maximum Gasteiger partial charge on any atom is 0.303 e. The SMILES string of the molecule is O=C(O)CCCC(=O)Nc1nc2n(n1)[C@@H](c1ccccc1Cl)C[C@H](c1ccc(Cl)cc1)N2. The second-order valence-electron chi connectivity index (χ2n) is 7.52. The first kappa shape index (κ1) is 22.1. The van der Waals surface area contributed by atoms with E-state index in [0.717, 1.165) is 11.1 Å². The smallest absolute Gasteiger partial charge is 0.303 e. The molecule has 1 amide bonds. The highest BCUT2D eigenvalue weighted by atomic mass is 35.5. The standard InChI is InChI=1S/C22H21Cl2N5O3/c23-14-10-8-13(9-11-14)17-12-18(15-4-1-2-5-16(15)24)29-22(25-17)27-21(28-29)26-19(30)6-3-7-20(31)32/h1-2,4-5,8-11,17-18H,3,6-7,12H2,(H,31,32)(H2,25,26,27,28,30)/t17-,18-/m1/s1. The first-order valence-corrected chi connectivity index (χ1v) is 10.9. The molecule has 4 rings (SSSR count). The van der Waals surface area contributed by atoms with Crippen molar-refractivity contribution in [1.82, 2.24) is 14.8 Å². The van der Waals surface area contributed by atoms with Crippen LogP contribution in [0.25, 0.3) is 0 Å². The molecule has 10 heteroatoms. The number of aliphatic carboxylic acids is 1. The van der Waals surface area contributed by atoms with Gasteiger partial charge >= 0.3 is 5.97 Å². The summed E-state index contributed by atoms with van der Waals surface area (Å²) < 4.78 is 1.72. The summed E-state index contributed by atoms with van der Waals surface area (Å²) in [6.45, 7) is 0. The molecule has 0 radical (unpaired) electrons. The number of anilines is 2. The van der Waals surface area contributed by atoms with Gasteiger partial charge in [-0.3, -0.25) is 14.9 Å². The lowest BCUT2D eigenvalue weighted by atomic mass is 9.93. The third-order valence-corrected chi connectivity index (χ3v) is 5.87. The highest BCUT2D eigenvalue weighted by molar-refractivity contribution is 6.31. The summed E-state index contributed by atoms with van der Waals surface area (Å²) in [6.07, 6.45) is 0.909. The lowest BCUT2D eigenvalue weighted by Crippen LogP contribution is -2.28. The Bertz CT molecular complexity index is 1130. The van der Waals surface area contributed by atoms with E-state index in [-0.39, 0.29) is 43.2 Å². The summed E-state index contributed by atoms with van der Waals surface area (Å²) in [5.41, 5.74) is 1.94. The van der Waals surface area contributed by atoms with Crippen molar-refractivity contribution in [3.63, 3.8) is 0 Å². The van der Waals surface area contributed by atoms with Gasteiger partial charge in [0.05, 0.1) is 12.1 Å². The largest absolute Gasteiger partial charge is 0.481 e. The molecule has 166 valence electrons. The number of carboxylic acid groups (broad SMARTS) is 1. The molecule has 0 unspecified atom stereocenters. The monoisotopic (exact) mass is 473 g/mol. The second-order valence-corrected chi connectivity index (χ2v) is 8.36. The zero-order valence-electron chi connectivity index (χ0n) is 17.0. The van der Waals surface area contributed by atoms with Gasteiger partial charge in [0.2, 0.25) is 11.9 Å². The van der Waals surface area contributed by atoms with Crippen molar-refractivity contribution in [2.45, 2.75) is 37.8 Å². The van der Waals surface area contributed by atoms with E-state index in [4.69, 9.17) is 28.3 Å². The molecule has 2 aromatic carbocycles. The summed E-state index contributed by atoms with van der Waals surface area (Å²) in [6, 6.07) is 14.9. The summed E-state index contributed by atoms with van der Waals surface area (Å²) in [5.74, 6) is -0.616. The van der Waals surface area contributed by atoms with Gasteiger partial charge in [0.15, 0.2) is 0 Å². The van der Waals surface area contributed by atoms with Crippen LogP contribution in [0.4, 0.5) is 11.9 Å². The minimum atomic E-state index is -0.937. The van der Waals surface area contributed by atoms with Gasteiger partial charge in [0, 0.05) is 22.9 Å². The molecule has 0 fully saturated rings. The summed E-state index contributed by atoms with van der Waals surface area (Å²) >= 11 is 12.5. The molecule has 0 saturated carbocycles. The van der Waals surface area contributed by atoms with E-state index in [1.54, 1.807) is 4.68 Å². The molecule has 3 aromatic rings. The average Bonchev–Trinajstić information content (AvgIpc) is 3.16. The molecule has 1 aromatic heterocycles. The van der Waals surface area contributed by atoms with Crippen molar-refractivity contribution in [2.24, 2.45) is 0 Å². The Hall–Kier alpha value is -3.10. The zero-order chi connectivity index (χ0) is 22.7. The quantitative estimate of drug-likeness (QED) is 0.448. The Labute approximate surface area is 194 Å². The van der Waals surface area contributed by atoms with E-state index < -0.39 is 5.97 Å². The van der Waals surface area contributed by atoms with Gasteiger partial charge in [-0.05, 0) is 42.2 Å². The molecule has 2 atom stereocenters. The number of carbonyl (C=O) groups is 2. The number of carbonyl (C=O) groups excluding carboxylic acids is 1. The number of benzene rings is 2. The van der Waals surface area contributed by atoms with Crippen molar-refractivity contribution in [3.05, 3.63) is 69.7 Å². The Morgan fingerprint density at radius 3 is 2.59 bits per heavy atom. The summed E-state index contributed by atoms with van der Waals surface area (Å²) in [4.78, 5) is 27.3. The molecule has 0 saturated heterocycles. The van der Waals surface area contributed by atoms with Gasteiger partial charge in [-0.2, -0.15) is 4.98 Å². The second kappa shape index (κ2) is 9.58. The number of nitrogens with one attached hydrogen (secondary N) is 2. The maximum atomic E-state index is 12.2. The van der Waals surface area contributed by atoms with Crippen LogP contribution in [0.2, 0.25) is 10.0 Å². The molecule has 3 N–H and O–H groups in total. The summed E-state index contributed by atoms with van der Waals surface area (Å²) in [7, 11) is 0. The van der Waals surface area contributed by atoms with E-state index >= 15 is 0 Å². The fourth-order valence-electron chi connectivity index (χ4n) is 3.74. The van der Waals surface area contributed by atoms with Gasteiger partial charge in [0.25, 0.3) is 5.95 Å². The van der Waals surface area contributed by atoms with Gasteiger partial charge < -0.3 is 10.4 Å². The van der Waals surface area contributed by atoms with E-state index in [1.807, 2.05) is 48.5 Å². The van der Waals surface area contributed by atoms with Crippen LogP contribution in [0.1, 0.15) is 48.9 Å². The molecule has 0 bridgehead atoms. The van der Waals surface area contributed by atoms with E-state index in [0.29, 0.717) is 22.4 Å². The number of halogens is 2. The van der Waals surface area contributed by atoms with Crippen LogP contribution < -0.4 is 10.6 Å². The molecular weight excluding hydrogens is 453 g/mol. The third kappa shape index (κ3) is 5.03. The first-order valence-electron chi connectivity index (χ1n) is 10.2. The number of amides is 1. The van der Waals surface area contributed by atoms with Crippen molar-refractivity contribution < 1.29 is 14.7 Å². The lowest BCUT2D eigenvalue weighted by Gasteiger charge is -2.32. The third-order valence-electron chi connectivity index (χ3n) is 5.27. The van der Waals surface area contributed by atoms with E-state index in [1.165, 1.54) is 0 Å². The number of hydrogen-bond acceptors (Lipinski definition) is 5. The van der Waals surface area contributed by atoms with Crippen LogP contribution in [-0.4, -0.2) is 31.7 Å². The molecule has 1 aliphatic heterocycles. The number of fused-ring (bicyclic) bond motifs is 1. The zero-order valence-corrected chi connectivity index (χ0v) is 18.5. The fraction of sp³-hybridized carbons (Fsp3) is 0.273. The Balaban J connectivity index is 1.61. The van der Waals surface area contributed by atoms with Gasteiger partial charge in [-0.25, -0.2) is 4.68 Å². The van der Waals surface area contributed by atoms with Crippen LogP contribution in [0.3, 0.4) is 0 Å². The minimum Gasteiger partial charge on any atom is -0.481 e. The Morgan fingerprint density at radius 2 is 1.88 bits per heavy atom. The normalized spacial score (nSPS) is 17.3. The molecule has 0 spiro atoms. The van der Waals surface area contributed by atoms with E-state index in [9.17, 15) is 9.59 Å². The van der Waals surface area contributed by atoms with Crippen molar-refractivity contribution in [3.8, 4) is 0 Å². The average molecular weight is 474 g/mol. The molecule has 8 nitrogen and oxygen atoms in total. The highest BCUT2D eigenvalue weighted by Gasteiger charge is 2.32. The predicted molar refractivity (Wildman–Crippen MR) is 122 cm³/mol. The predicted octanol–water partition coefficient (Wildman–Crippen LogP) is 4.92. The van der Waals surface area contributed by atoms with Crippen LogP contribution in [0, 0.1) is 0 Å². The highest BCUT2D eigenvalue weighted by Crippen LogP contribution is 2.40. The van der Waals surface area contributed by atoms with Crippen molar-refractivity contribution in [1.29, 1.82) is 0 Å². The van der Waals surface area contributed by atoms with Crippen molar-refractivity contribution >= 4 is 47.0 Å². The van der Waals surface area contributed by atoms with Crippen LogP contribution in [0.15, 0.2) is 48.5 Å². The van der Waals surface area contributed by atoms with Gasteiger partial charge in [0.1, 0.15) is 0 Å². The molecular formula is C22H21Cl2N5O3. The number of hydrogen-bond donors (Lipinski definition) is 3.